The molecule has 1 aliphatic rings. The summed E-state index contributed by atoms with van der Waals surface area (Å²) in [5, 5.41) is 3.45. The maximum atomic E-state index is 11.3. The monoisotopic (exact) mass is 366 g/mol. The third-order valence-corrected chi connectivity index (χ3v) is 4.53. The van der Waals surface area contributed by atoms with Crippen molar-refractivity contribution in [2.24, 2.45) is 0 Å². The predicted octanol–water partition coefficient (Wildman–Crippen LogP) is 2.78. The van der Waals surface area contributed by atoms with Crippen molar-refractivity contribution in [3.8, 4) is 0 Å². The fourth-order valence-electron chi connectivity index (χ4n) is 3.14. The second kappa shape index (κ2) is 9.83. The van der Waals surface area contributed by atoms with Crippen LogP contribution in [0, 0.1) is 0 Å². The molecule has 3 rings (SSSR count). The maximum Gasteiger partial charge on any atom is 0.330 e. The molecule has 2 aromatic rings. The lowest BCUT2D eigenvalue weighted by molar-refractivity contribution is -0.137. The van der Waals surface area contributed by atoms with Crippen LogP contribution in [-0.4, -0.2) is 53.1 Å². The van der Waals surface area contributed by atoms with Crippen LogP contribution in [-0.2, 0) is 16.0 Å². The van der Waals surface area contributed by atoms with Crippen molar-refractivity contribution in [3.05, 3.63) is 60.1 Å². The molecule has 1 aromatic carbocycles. The Labute approximate surface area is 160 Å². The maximum absolute atomic E-state index is 11.3. The van der Waals surface area contributed by atoms with Gasteiger partial charge in [-0.15, -0.1) is 0 Å². The van der Waals surface area contributed by atoms with Gasteiger partial charge in [0.15, 0.2) is 0 Å². The average molecular weight is 366 g/mol. The molecule has 1 aliphatic heterocycles. The first kappa shape index (κ1) is 19.0. The van der Waals surface area contributed by atoms with E-state index in [2.05, 4.69) is 50.5 Å². The second-order valence-corrected chi connectivity index (χ2v) is 6.58. The number of likely N-dealkylation sites (tertiary alicyclic amines) is 1. The molecule has 0 radical (unpaired) electrons. The number of nitrogens with zero attached hydrogens (tertiary/aromatic N) is 3. The van der Waals surface area contributed by atoms with Gasteiger partial charge in [-0.2, -0.15) is 0 Å². The van der Waals surface area contributed by atoms with Gasteiger partial charge in [-0.3, -0.25) is 4.98 Å². The number of ether oxygens (including phenoxy) is 1. The molecule has 6 heteroatoms. The van der Waals surface area contributed by atoms with Crippen LogP contribution in [0.4, 0.5) is 5.82 Å². The highest BCUT2D eigenvalue weighted by atomic mass is 16.5. The van der Waals surface area contributed by atoms with E-state index in [-0.39, 0.29) is 5.97 Å². The summed E-state index contributed by atoms with van der Waals surface area (Å²) < 4.78 is 4.84. The van der Waals surface area contributed by atoms with E-state index in [9.17, 15) is 4.79 Å². The topological polar surface area (TPSA) is 67.3 Å². The van der Waals surface area contributed by atoms with E-state index >= 15 is 0 Å². The Morgan fingerprint density at radius 1 is 1.30 bits per heavy atom. The lowest BCUT2D eigenvalue weighted by atomic mass is 10.1. The molecule has 0 spiro atoms. The van der Waals surface area contributed by atoms with Gasteiger partial charge in [0.05, 0.1) is 24.7 Å². The molecular weight excluding hydrogens is 340 g/mol. The molecular formula is C21H26N4O2. The summed E-state index contributed by atoms with van der Waals surface area (Å²) in [6.07, 6.45) is 8.51. The van der Waals surface area contributed by atoms with E-state index < -0.39 is 0 Å². The number of benzene rings is 1. The van der Waals surface area contributed by atoms with Crippen LogP contribution < -0.4 is 5.32 Å². The molecule has 1 N–H and O–H groups in total. The van der Waals surface area contributed by atoms with Gasteiger partial charge in [-0.1, -0.05) is 30.3 Å². The first-order chi connectivity index (χ1) is 13.2. The molecule has 142 valence electrons. The number of hydrogen-bond donors (Lipinski definition) is 1. The summed E-state index contributed by atoms with van der Waals surface area (Å²) in [6, 6.07) is 11.0. The molecule has 1 atom stereocenters. The molecule has 0 aliphatic carbocycles. The highest BCUT2D eigenvalue weighted by Crippen LogP contribution is 2.15. The Morgan fingerprint density at radius 2 is 2.15 bits per heavy atom. The molecule has 27 heavy (non-hydrogen) atoms. The molecule has 0 saturated carbocycles. The van der Waals surface area contributed by atoms with E-state index in [1.54, 1.807) is 25.4 Å². The quantitative estimate of drug-likeness (QED) is 0.572. The van der Waals surface area contributed by atoms with Gasteiger partial charge in [-0.25, -0.2) is 9.78 Å². The Balaban J connectivity index is 1.43. The minimum atomic E-state index is -0.372. The Hall–Kier alpha value is -2.73. The Kier molecular flexibility index (Phi) is 6.93. The van der Waals surface area contributed by atoms with E-state index in [0.29, 0.717) is 18.3 Å². The van der Waals surface area contributed by atoms with Crippen molar-refractivity contribution >= 4 is 17.9 Å². The van der Waals surface area contributed by atoms with Crippen molar-refractivity contribution in [1.82, 2.24) is 14.9 Å². The second-order valence-electron chi connectivity index (χ2n) is 6.58. The van der Waals surface area contributed by atoms with E-state index in [1.165, 1.54) is 11.6 Å². The summed E-state index contributed by atoms with van der Waals surface area (Å²) in [6.45, 7) is 5.32. The summed E-state index contributed by atoms with van der Waals surface area (Å²) in [7, 11) is 0. The fourth-order valence-corrected chi connectivity index (χ4v) is 3.14. The zero-order valence-electron chi connectivity index (χ0n) is 15.7. The van der Waals surface area contributed by atoms with Crippen LogP contribution in [0.1, 0.15) is 24.6 Å². The van der Waals surface area contributed by atoms with Crippen LogP contribution >= 0.6 is 0 Å². The average Bonchev–Trinajstić information content (AvgIpc) is 3.14. The third-order valence-electron chi connectivity index (χ3n) is 4.53. The van der Waals surface area contributed by atoms with Crippen LogP contribution in [0.2, 0.25) is 0 Å². The highest BCUT2D eigenvalue weighted by molar-refractivity contribution is 5.86. The molecule has 1 fully saturated rings. The summed E-state index contributed by atoms with van der Waals surface area (Å²) in [5.41, 5.74) is 2.01. The number of esters is 1. The summed E-state index contributed by atoms with van der Waals surface area (Å²) >= 11 is 0. The van der Waals surface area contributed by atoms with Crippen LogP contribution in [0.25, 0.3) is 6.08 Å². The fraction of sp³-hybridized carbons (Fsp3) is 0.381. The lowest BCUT2D eigenvalue weighted by Gasteiger charge is -2.17. The first-order valence-corrected chi connectivity index (χ1v) is 9.42. The number of anilines is 1. The van der Waals surface area contributed by atoms with Crippen LogP contribution in [0.3, 0.4) is 0 Å². The van der Waals surface area contributed by atoms with Gasteiger partial charge in [0, 0.05) is 31.8 Å². The molecule has 0 bridgehead atoms. The van der Waals surface area contributed by atoms with Gasteiger partial charge in [0.1, 0.15) is 5.82 Å². The van der Waals surface area contributed by atoms with Gasteiger partial charge in [-0.05, 0) is 31.4 Å². The first-order valence-electron chi connectivity index (χ1n) is 9.42. The minimum Gasteiger partial charge on any atom is -0.463 e. The Morgan fingerprint density at radius 3 is 2.89 bits per heavy atom. The van der Waals surface area contributed by atoms with E-state index in [0.717, 1.165) is 38.3 Å². The zero-order chi connectivity index (χ0) is 18.9. The highest BCUT2D eigenvalue weighted by Gasteiger charge is 2.22. The van der Waals surface area contributed by atoms with Gasteiger partial charge in [0.2, 0.25) is 0 Å². The van der Waals surface area contributed by atoms with Crippen molar-refractivity contribution in [2.75, 3.05) is 31.6 Å². The minimum absolute atomic E-state index is 0.363. The van der Waals surface area contributed by atoms with Gasteiger partial charge < -0.3 is 15.0 Å². The molecule has 1 saturated heterocycles. The number of rotatable bonds is 8. The van der Waals surface area contributed by atoms with Crippen molar-refractivity contribution in [3.63, 3.8) is 0 Å². The zero-order valence-corrected chi connectivity index (χ0v) is 15.7. The van der Waals surface area contributed by atoms with Gasteiger partial charge in [0.25, 0.3) is 0 Å². The molecule has 6 nitrogen and oxygen atoms in total. The number of nitrogens with one attached hydrogen (secondary N) is 1. The van der Waals surface area contributed by atoms with Crippen LogP contribution in [0.15, 0.2) is 48.8 Å². The molecule has 1 aromatic heterocycles. The normalized spacial score (nSPS) is 17.3. The van der Waals surface area contributed by atoms with Crippen molar-refractivity contribution in [1.29, 1.82) is 0 Å². The van der Waals surface area contributed by atoms with E-state index in [4.69, 9.17) is 4.74 Å². The van der Waals surface area contributed by atoms with Crippen molar-refractivity contribution < 1.29 is 9.53 Å². The summed E-state index contributed by atoms with van der Waals surface area (Å²) in [4.78, 5) is 22.5. The molecule has 2 heterocycles. The largest absolute Gasteiger partial charge is 0.463 e. The standard InChI is InChI=1S/C21H26N4O2/c1-2-27-21(26)9-8-18-14-23-20(15-22-18)24-19-11-13-25(16-19)12-10-17-6-4-3-5-7-17/h3-9,14-15,19H,2,10-13,16H2,1H3,(H,23,24)/b9-8+/t19-/m1/s1. The number of aromatic nitrogens is 2. The Bertz CT molecular complexity index is 747. The van der Waals surface area contributed by atoms with Gasteiger partial charge >= 0.3 is 5.97 Å². The summed E-state index contributed by atoms with van der Waals surface area (Å²) in [5.74, 6) is 0.390. The lowest BCUT2D eigenvalue weighted by Crippen LogP contribution is -2.28. The smallest absolute Gasteiger partial charge is 0.330 e. The SMILES string of the molecule is CCOC(=O)/C=C/c1cnc(N[C@@H]2CCN(CCc3ccccc3)C2)cn1. The molecule has 0 unspecified atom stereocenters. The van der Waals surface area contributed by atoms with Crippen LogP contribution in [0.5, 0.6) is 0 Å². The number of carbonyl (C=O) groups excluding carboxylic acids is 1. The molecule has 0 amide bonds. The predicted molar refractivity (Wildman–Crippen MR) is 106 cm³/mol. The van der Waals surface area contributed by atoms with Crippen molar-refractivity contribution in [2.45, 2.75) is 25.8 Å². The third kappa shape index (κ3) is 6.18. The van der Waals surface area contributed by atoms with E-state index in [1.807, 2.05) is 0 Å². The number of hydrogen-bond acceptors (Lipinski definition) is 6. The number of carbonyl (C=O) groups is 1.